The van der Waals surface area contributed by atoms with Crippen molar-refractivity contribution < 1.29 is 24.8 Å². The number of aliphatic hydroxyl groups is 3. The number of nitrogens with zero attached hydrogens (tertiary/aromatic N) is 4. The van der Waals surface area contributed by atoms with Crippen LogP contribution in [0.25, 0.3) is 11.2 Å². The minimum Gasteiger partial charge on any atom is -0.463 e. The summed E-state index contributed by atoms with van der Waals surface area (Å²) in [4.78, 5) is 12.8. The van der Waals surface area contributed by atoms with Crippen molar-refractivity contribution in [3.8, 4) is 6.01 Å². The minimum atomic E-state index is -1.26. The van der Waals surface area contributed by atoms with Crippen molar-refractivity contribution in [1.82, 2.24) is 19.5 Å². The van der Waals surface area contributed by atoms with E-state index in [1.54, 1.807) is 0 Å². The molecule has 3 aromatic rings. The topological polar surface area (TPSA) is 149 Å². The average Bonchev–Trinajstić information content (AvgIpc) is 3.34. The number of nitrogen functional groups attached to an aromatic ring is 1. The van der Waals surface area contributed by atoms with Crippen LogP contribution < -0.4 is 10.5 Å². The van der Waals surface area contributed by atoms with Crippen LogP contribution in [0, 0.1) is 0 Å². The van der Waals surface area contributed by atoms with Crippen molar-refractivity contribution in [2.75, 3.05) is 18.9 Å². The number of hydrogen-bond donors (Lipinski definition) is 4. The molecule has 0 spiro atoms. The lowest BCUT2D eigenvalue weighted by molar-refractivity contribution is -0.0511. The molecule has 5 N–H and O–H groups in total. The third-order valence-electron chi connectivity index (χ3n) is 5.74. The summed E-state index contributed by atoms with van der Waals surface area (Å²) >= 11 is 0. The predicted octanol–water partition coefficient (Wildman–Crippen LogP) is 0.984. The normalized spacial score (nSPS) is 23.1. The summed E-state index contributed by atoms with van der Waals surface area (Å²) in [6, 6.07) is 8.40. The van der Waals surface area contributed by atoms with E-state index < -0.39 is 31.1 Å². The molecule has 32 heavy (non-hydrogen) atoms. The van der Waals surface area contributed by atoms with Gasteiger partial charge in [-0.05, 0) is 24.0 Å². The first-order chi connectivity index (χ1) is 15.5. The van der Waals surface area contributed by atoms with E-state index in [9.17, 15) is 15.3 Å². The van der Waals surface area contributed by atoms with Gasteiger partial charge in [0.15, 0.2) is 23.2 Å². The van der Waals surface area contributed by atoms with E-state index in [1.807, 2.05) is 12.1 Å². The van der Waals surface area contributed by atoms with Crippen LogP contribution in [0.15, 0.2) is 30.6 Å². The molecule has 0 amide bonds. The van der Waals surface area contributed by atoms with E-state index in [0.29, 0.717) is 24.2 Å². The molecule has 1 aromatic carbocycles. The second-order valence-electron chi connectivity index (χ2n) is 7.92. The highest BCUT2D eigenvalue weighted by atomic mass is 16.6. The quantitative estimate of drug-likeness (QED) is 0.380. The number of rotatable bonds is 9. The molecule has 1 fully saturated rings. The molecule has 4 atom stereocenters. The number of aryl methyl sites for hydroxylation is 1. The Morgan fingerprint density at radius 1 is 1.12 bits per heavy atom. The maximum Gasteiger partial charge on any atom is 0.320 e. The van der Waals surface area contributed by atoms with Gasteiger partial charge in [-0.1, -0.05) is 37.6 Å². The van der Waals surface area contributed by atoms with Crippen LogP contribution in [0.2, 0.25) is 0 Å². The summed E-state index contributed by atoms with van der Waals surface area (Å²) in [6.45, 7) is 2.12. The van der Waals surface area contributed by atoms with Crippen LogP contribution in [0.5, 0.6) is 6.01 Å². The summed E-state index contributed by atoms with van der Waals surface area (Å²) < 4.78 is 12.8. The number of unbranched alkanes of at least 4 members (excludes halogenated alkanes) is 1. The molecular weight excluding hydrogens is 414 g/mol. The number of benzene rings is 1. The SMILES string of the molecule is CCCCc1ccccc1CCOc1nc(N)c2ncn([C@@H]3O[C@H](CO)[C@@H](O)[C@H]3O)c2n1. The Hall–Kier alpha value is -2.79. The maximum atomic E-state index is 10.3. The highest BCUT2D eigenvalue weighted by molar-refractivity contribution is 5.82. The van der Waals surface area contributed by atoms with Gasteiger partial charge in [0.2, 0.25) is 0 Å². The average molecular weight is 444 g/mol. The highest BCUT2D eigenvalue weighted by Gasteiger charge is 2.44. The van der Waals surface area contributed by atoms with E-state index in [2.05, 4.69) is 34.0 Å². The molecule has 1 aliphatic heterocycles. The van der Waals surface area contributed by atoms with Crippen LogP contribution in [0.4, 0.5) is 5.82 Å². The van der Waals surface area contributed by atoms with Gasteiger partial charge in [0.1, 0.15) is 18.3 Å². The van der Waals surface area contributed by atoms with Gasteiger partial charge >= 0.3 is 6.01 Å². The Balaban J connectivity index is 1.51. The molecule has 1 saturated heterocycles. The number of fused-ring (bicyclic) bond motifs is 1. The second-order valence-corrected chi connectivity index (χ2v) is 7.92. The van der Waals surface area contributed by atoms with E-state index in [0.717, 1.165) is 19.3 Å². The standard InChI is InChI=1S/C22H29N5O5/c1-2-3-6-13-7-4-5-8-14(13)9-10-31-22-25-19(23)16-20(26-22)27(12-24-16)21-18(30)17(29)15(11-28)32-21/h4-5,7-8,12,15,17-18,21,28-30H,2-3,6,9-11H2,1H3,(H2,23,25,26)/t15-,17-,18-,21-/m1/s1. The van der Waals surface area contributed by atoms with Crippen molar-refractivity contribution in [2.24, 2.45) is 0 Å². The third-order valence-corrected chi connectivity index (χ3v) is 5.74. The van der Waals surface area contributed by atoms with Crippen LogP contribution in [0.1, 0.15) is 37.1 Å². The number of imidazole rings is 1. The zero-order valence-corrected chi connectivity index (χ0v) is 18.0. The Morgan fingerprint density at radius 3 is 2.56 bits per heavy atom. The number of nitrogens with two attached hydrogens (primary N) is 1. The molecule has 0 aliphatic carbocycles. The van der Waals surface area contributed by atoms with Gasteiger partial charge in [-0.2, -0.15) is 9.97 Å². The summed E-state index contributed by atoms with van der Waals surface area (Å²) in [6.07, 6.45) is 1.05. The summed E-state index contributed by atoms with van der Waals surface area (Å²) in [5, 5.41) is 29.7. The summed E-state index contributed by atoms with van der Waals surface area (Å²) in [5.41, 5.74) is 9.24. The monoisotopic (exact) mass is 443 g/mol. The first kappa shape index (κ1) is 22.4. The molecule has 172 valence electrons. The number of ether oxygens (including phenoxy) is 2. The summed E-state index contributed by atoms with van der Waals surface area (Å²) in [5.74, 6) is 0.138. The molecule has 0 unspecified atom stereocenters. The zero-order valence-electron chi connectivity index (χ0n) is 18.0. The molecule has 10 heteroatoms. The minimum absolute atomic E-state index is 0.0922. The second kappa shape index (κ2) is 9.78. The van der Waals surface area contributed by atoms with E-state index >= 15 is 0 Å². The lowest BCUT2D eigenvalue weighted by Gasteiger charge is -2.16. The van der Waals surface area contributed by atoms with Crippen LogP contribution in [-0.4, -0.2) is 66.4 Å². The lowest BCUT2D eigenvalue weighted by atomic mass is 10.0. The van der Waals surface area contributed by atoms with Crippen molar-refractivity contribution >= 4 is 17.0 Å². The van der Waals surface area contributed by atoms with Crippen LogP contribution >= 0.6 is 0 Å². The number of aliphatic hydroxyl groups excluding tert-OH is 3. The molecule has 0 radical (unpaired) electrons. The fourth-order valence-electron chi connectivity index (χ4n) is 3.94. The Labute approximate surface area is 185 Å². The predicted molar refractivity (Wildman–Crippen MR) is 117 cm³/mol. The molecule has 0 saturated carbocycles. The third kappa shape index (κ3) is 4.40. The van der Waals surface area contributed by atoms with Crippen LogP contribution in [-0.2, 0) is 17.6 Å². The van der Waals surface area contributed by atoms with Crippen molar-refractivity contribution in [1.29, 1.82) is 0 Å². The van der Waals surface area contributed by atoms with Gasteiger partial charge in [0.05, 0.1) is 19.5 Å². The fourth-order valence-corrected chi connectivity index (χ4v) is 3.94. The summed E-state index contributed by atoms with van der Waals surface area (Å²) in [7, 11) is 0. The largest absolute Gasteiger partial charge is 0.463 e. The molecule has 2 aromatic heterocycles. The van der Waals surface area contributed by atoms with E-state index in [-0.39, 0.29) is 11.8 Å². The smallest absolute Gasteiger partial charge is 0.320 e. The first-order valence-electron chi connectivity index (χ1n) is 10.9. The number of anilines is 1. The van der Waals surface area contributed by atoms with Gasteiger partial charge in [-0.15, -0.1) is 0 Å². The van der Waals surface area contributed by atoms with Crippen molar-refractivity contribution in [3.05, 3.63) is 41.7 Å². The van der Waals surface area contributed by atoms with Gasteiger partial charge in [0.25, 0.3) is 0 Å². The first-order valence-corrected chi connectivity index (χ1v) is 10.9. The van der Waals surface area contributed by atoms with Gasteiger partial charge < -0.3 is 30.5 Å². The Morgan fingerprint density at radius 2 is 1.88 bits per heavy atom. The lowest BCUT2D eigenvalue weighted by Crippen LogP contribution is -2.33. The van der Waals surface area contributed by atoms with Crippen molar-refractivity contribution in [2.45, 2.75) is 57.1 Å². The molecular formula is C22H29N5O5. The number of hydrogen-bond acceptors (Lipinski definition) is 9. The van der Waals surface area contributed by atoms with E-state index in [4.69, 9.17) is 15.2 Å². The van der Waals surface area contributed by atoms with Gasteiger partial charge in [-0.3, -0.25) is 4.57 Å². The fraction of sp³-hybridized carbons (Fsp3) is 0.500. The zero-order chi connectivity index (χ0) is 22.7. The van der Waals surface area contributed by atoms with Crippen molar-refractivity contribution in [3.63, 3.8) is 0 Å². The highest BCUT2D eigenvalue weighted by Crippen LogP contribution is 2.32. The van der Waals surface area contributed by atoms with E-state index in [1.165, 1.54) is 22.0 Å². The molecule has 4 rings (SSSR count). The number of aromatic nitrogens is 4. The van der Waals surface area contributed by atoms with Gasteiger partial charge in [0, 0.05) is 6.42 Å². The van der Waals surface area contributed by atoms with Crippen LogP contribution in [0.3, 0.4) is 0 Å². The Bertz CT molecular complexity index is 1060. The Kier molecular flexibility index (Phi) is 6.85. The molecule has 10 nitrogen and oxygen atoms in total. The molecule has 3 heterocycles. The maximum absolute atomic E-state index is 10.3. The molecule has 1 aliphatic rings. The van der Waals surface area contributed by atoms with Gasteiger partial charge in [-0.25, -0.2) is 4.98 Å². The molecule has 0 bridgehead atoms.